The maximum atomic E-state index is 11.3. The molecule has 0 saturated carbocycles. The molecular weight excluding hydrogens is 184 g/mol. The van der Waals surface area contributed by atoms with Gasteiger partial charge in [0.2, 0.25) is 0 Å². The van der Waals surface area contributed by atoms with Crippen LogP contribution in [0.2, 0.25) is 0 Å². The van der Waals surface area contributed by atoms with Gasteiger partial charge in [0, 0.05) is 5.56 Å². The molecule has 0 bridgehead atoms. The summed E-state index contributed by atoms with van der Waals surface area (Å²) >= 11 is 0. The van der Waals surface area contributed by atoms with Crippen molar-refractivity contribution in [2.75, 3.05) is 13.7 Å². The first-order valence-electron chi connectivity index (χ1n) is 4.26. The Balaban J connectivity index is 2.47. The lowest BCUT2D eigenvalue weighted by Crippen LogP contribution is -2.02. The largest absolute Gasteiger partial charge is 0.497 e. The number of ether oxygens (including phenoxy) is 2. The summed E-state index contributed by atoms with van der Waals surface area (Å²) < 4.78 is 9.95. The Morgan fingerprint density at radius 1 is 1.57 bits per heavy atom. The average Bonchev–Trinajstić information content (AvgIpc) is 2.55. The molecule has 0 unspecified atom stereocenters. The third kappa shape index (κ3) is 1.24. The first kappa shape index (κ1) is 9.02. The third-order valence-electron chi connectivity index (χ3n) is 2.24. The lowest BCUT2D eigenvalue weighted by Gasteiger charge is -2.06. The minimum Gasteiger partial charge on any atom is -0.497 e. The quantitative estimate of drug-likeness (QED) is 0.710. The molecule has 1 N–H and O–H groups in total. The van der Waals surface area contributed by atoms with Gasteiger partial charge in [-0.05, 0) is 18.2 Å². The van der Waals surface area contributed by atoms with E-state index in [-0.39, 0.29) is 12.6 Å². The zero-order chi connectivity index (χ0) is 10.1. The van der Waals surface area contributed by atoms with Crippen molar-refractivity contribution in [3.05, 3.63) is 29.3 Å². The Morgan fingerprint density at radius 3 is 3.00 bits per heavy atom. The topological polar surface area (TPSA) is 55.8 Å². The lowest BCUT2D eigenvalue weighted by molar-refractivity contribution is 0.0235. The summed E-state index contributed by atoms with van der Waals surface area (Å²) in [5.74, 6) is 0.266. The standard InChI is InChI=1S/C10H10O4/c1-13-6-2-3-7-8(4-6)9(5-11)14-10(7)12/h2-4,9,11H,5H2,1H3/t9-/m0/s1. The highest BCUT2D eigenvalue weighted by Crippen LogP contribution is 2.32. The van der Waals surface area contributed by atoms with E-state index in [9.17, 15) is 4.79 Å². The summed E-state index contributed by atoms with van der Waals surface area (Å²) in [5, 5.41) is 8.98. The number of benzene rings is 1. The predicted octanol–water partition coefficient (Wildman–Crippen LogP) is 0.899. The monoisotopic (exact) mass is 194 g/mol. The van der Waals surface area contributed by atoms with Crippen molar-refractivity contribution in [2.45, 2.75) is 6.10 Å². The summed E-state index contributed by atoms with van der Waals surface area (Å²) in [6.45, 7) is -0.202. The molecule has 0 aliphatic carbocycles. The molecule has 1 aliphatic heterocycles. The molecule has 14 heavy (non-hydrogen) atoms. The van der Waals surface area contributed by atoms with E-state index in [1.807, 2.05) is 0 Å². The van der Waals surface area contributed by atoms with Gasteiger partial charge in [-0.3, -0.25) is 0 Å². The van der Waals surface area contributed by atoms with Gasteiger partial charge in [0.05, 0.1) is 19.3 Å². The van der Waals surface area contributed by atoms with Crippen LogP contribution < -0.4 is 4.74 Å². The van der Waals surface area contributed by atoms with Crippen molar-refractivity contribution in [1.29, 1.82) is 0 Å². The van der Waals surface area contributed by atoms with Crippen molar-refractivity contribution < 1.29 is 19.4 Å². The van der Waals surface area contributed by atoms with Crippen LogP contribution in [-0.2, 0) is 4.74 Å². The van der Waals surface area contributed by atoms with Gasteiger partial charge in [-0.25, -0.2) is 4.79 Å². The third-order valence-corrected chi connectivity index (χ3v) is 2.24. The first-order chi connectivity index (χ1) is 6.76. The second-order valence-corrected chi connectivity index (χ2v) is 3.03. The molecule has 1 aliphatic rings. The highest BCUT2D eigenvalue weighted by Gasteiger charge is 2.30. The Morgan fingerprint density at radius 2 is 2.36 bits per heavy atom. The number of hydrogen-bond donors (Lipinski definition) is 1. The van der Waals surface area contributed by atoms with Crippen LogP contribution in [-0.4, -0.2) is 24.8 Å². The molecule has 4 heteroatoms. The van der Waals surface area contributed by atoms with Crippen LogP contribution in [0.4, 0.5) is 0 Å². The molecule has 1 aromatic rings. The van der Waals surface area contributed by atoms with Gasteiger partial charge in [-0.15, -0.1) is 0 Å². The molecule has 74 valence electrons. The number of fused-ring (bicyclic) bond motifs is 1. The highest BCUT2D eigenvalue weighted by molar-refractivity contribution is 5.94. The number of carbonyl (C=O) groups excluding carboxylic acids is 1. The molecule has 0 radical (unpaired) electrons. The van der Waals surface area contributed by atoms with Gasteiger partial charge in [-0.1, -0.05) is 0 Å². The molecule has 4 nitrogen and oxygen atoms in total. The fourth-order valence-electron chi connectivity index (χ4n) is 1.51. The maximum Gasteiger partial charge on any atom is 0.339 e. The van der Waals surface area contributed by atoms with Gasteiger partial charge in [0.25, 0.3) is 0 Å². The summed E-state index contributed by atoms with van der Waals surface area (Å²) in [5.41, 5.74) is 1.20. The van der Waals surface area contributed by atoms with Crippen LogP contribution in [0.1, 0.15) is 22.0 Å². The summed E-state index contributed by atoms with van der Waals surface area (Å²) in [6, 6.07) is 5.05. The Hall–Kier alpha value is -1.55. The minimum atomic E-state index is -0.549. The minimum absolute atomic E-state index is 0.202. The first-order valence-corrected chi connectivity index (χ1v) is 4.26. The number of cyclic esters (lactones) is 1. The number of carbonyl (C=O) groups is 1. The zero-order valence-corrected chi connectivity index (χ0v) is 7.69. The van der Waals surface area contributed by atoms with Crippen molar-refractivity contribution in [3.63, 3.8) is 0 Å². The van der Waals surface area contributed by atoms with Gasteiger partial charge >= 0.3 is 5.97 Å². The van der Waals surface area contributed by atoms with Gasteiger partial charge in [0.1, 0.15) is 5.75 Å². The number of hydrogen-bond acceptors (Lipinski definition) is 4. The zero-order valence-electron chi connectivity index (χ0n) is 7.69. The number of rotatable bonds is 2. The second-order valence-electron chi connectivity index (χ2n) is 3.03. The van der Waals surface area contributed by atoms with Crippen molar-refractivity contribution in [1.82, 2.24) is 0 Å². The fraction of sp³-hybridized carbons (Fsp3) is 0.300. The molecule has 0 saturated heterocycles. The van der Waals surface area contributed by atoms with Crippen LogP contribution >= 0.6 is 0 Å². The van der Waals surface area contributed by atoms with Crippen molar-refractivity contribution >= 4 is 5.97 Å². The summed E-state index contributed by atoms with van der Waals surface area (Å²) in [7, 11) is 1.55. The SMILES string of the molecule is COc1ccc2c(c1)[C@H](CO)OC2=O. The smallest absolute Gasteiger partial charge is 0.339 e. The van der Waals surface area contributed by atoms with Crippen molar-refractivity contribution in [2.24, 2.45) is 0 Å². The average molecular weight is 194 g/mol. The molecule has 2 rings (SSSR count). The Labute approximate surface area is 81.1 Å². The number of methoxy groups -OCH3 is 1. The number of esters is 1. The van der Waals surface area contributed by atoms with E-state index in [4.69, 9.17) is 14.6 Å². The Kier molecular flexibility index (Phi) is 2.13. The van der Waals surface area contributed by atoms with Gasteiger partial charge in [-0.2, -0.15) is 0 Å². The van der Waals surface area contributed by atoms with E-state index < -0.39 is 6.10 Å². The van der Waals surface area contributed by atoms with E-state index in [1.54, 1.807) is 25.3 Å². The van der Waals surface area contributed by atoms with Gasteiger partial charge < -0.3 is 14.6 Å². The normalized spacial score (nSPS) is 19.0. The predicted molar refractivity (Wildman–Crippen MR) is 48.2 cm³/mol. The lowest BCUT2D eigenvalue weighted by atomic mass is 10.1. The van der Waals surface area contributed by atoms with Crippen LogP contribution in [0.3, 0.4) is 0 Å². The maximum absolute atomic E-state index is 11.3. The van der Waals surface area contributed by atoms with E-state index >= 15 is 0 Å². The molecule has 1 heterocycles. The van der Waals surface area contributed by atoms with E-state index in [0.29, 0.717) is 16.9 Å². The molecule has 1 aromatic carbocycles. The molecule has 0 fully saturated rings. The summed E-state index contributed by atoms with van der Waals surface area (Å²) in [4.78, 5) is 11.3. The van der Waals surface area contributed by atoms with Crippen LogP contribution in [0.25, 0.3) is 0 Å². The fourth-order valence-corrected chi connectivity index (χ4v) is 1.51. The second kappa shape index (κ2) is 3.31. The van der Waals surface area contributed by atoms with E-state index in [0.717, 1.165) is 0 Å². The highest BCUT2D eigenvalue weighted by atomic mass is 16.6. The van der Waals surface area contributed by atoms with E-state index in [1.165, 1.54) is 0 Å². The molecule has 0 aromatic heterocycles. The molecule has 0 spiro atoms. The molecule has 0 amide bonds. The van der Waals surface area contributed by atoms with Gasteiger partial charge in [0.15, 0.2) is 6.10 Å². The summed E-state index contributed by atoms with van der Waals surface area (Å²) in [6.07, 6.45) is -0.549. The van der Waals surface area contributed by atoms with Crippen LogP contribution in [0, 0.1) is 0 Å². The Bertz CT molecular complexity index is 372. The van der Waals surface area contributed by atoms with Crippen LogP contribution in [0.15, 0.2) is 18.2 Å². The van der Waals surface area contributed by atoms with E-state index in [2.05, 4.69) is 0 Å². The molecule has 1 atom stereocenters. The number of aliphatic hydroxyl groups excluding tert-OH is 1. The van der Waals surface area contributed by atoms with Crippen LogP contribution in [0.5, 0.6) is 5.75 Å². The number of aliphatic hydroxyl groups is 1. The van der Waals surface area contributed by atoms with Crippen molar-refractivity contribution in [3.8, 4) is 5.75 Å². The molecular formula is C10H10O4.